The Kier molecular flexibility index (Phi) is 5.29. The Labute approximate surface area is 136 Å². The van der Waals surface area contributed by atoms with Gasteiger partial charge in [0.1, 0.15) is 4.21 Å². The fraction of sp³-hybridized carbons (Fsp3) is 0.667. The van der Waals surface area contributed by atoms with E-state index in [1.54, 1.807) is 17.5 Å². The molecule has 1 saturated heterocycles. The summed E-state index contributed by atoms with van der Waals surface area (Å²) in [5.74, 6) is -0.313. The maximum atomic E-state index is 12.6. The molecule has 1 unspecified atom stereocenters. The minimum Gasteiger partial charge on any atom is -0.351 e. The monoisotopic (exact) mass is 344 g/mol. The zero-order chi connectivity index (χ0) is 16.4. The van der Waals surface area contributed by atoms with Gasteiger partial charge in [0.15, 0.2) is 0 Å². The van der Waals surface area contributed by atoms with E-state index in [1.165, 1.54) is 15.6 Å². The highest BCUT2D eigenvalue weighted by Gasteiger charge is 2.34. The van der Waals surface area contributed by atoms with Crippen LogP contribution in [0.4, 0.5) is 0 Å². The van der Waals surface area contributed by atoms with Crippen molar-refractivity contribution in [2.75, 3.05) is 13.1 Å². The van der Waals surface area contributed by atoms with Crippen LogP contribution in [0.1, 0.15) is 40.0 Å². The molecule has 1 aromatic rings. The number of amides is 1. The average Bonchev–Trinajstić information content (AvgIpc) is 3.02. The van der Waals surface area contributed by atoms with Crippen molar-refractivity contribution in [2.45, 2.75) is 49.8 Å². The molecule has 0 radical (unpaired) electrons. The van der Waals surface area contributed by atoms with Crippen LogP contribution in [0.3, 0.4) is 0 Å². The number of rotatable bonds is 5. The van der Waals surface area contributed by atoms with E-state index in [2.05, 4.69) is 5.32 Å². The van der Waals surface area contributed by atoms with Crippen molar-refractivity contribution in [3.63, 3.8) is 0 Å². The zero-order valence-electron chi connectivity index (χ0n) is 13.3. The van der Waals surface area contributed by atoms with Gasteiger partial charge in [-0.15, -0.1) is 11.3 Å². The first kappa shape index (κ1) is 17.4. The second-order valence-electron chi connectivity index (χ2n) is 6.36. The van der Waals surface area contributed by atoms with E-state index >= 15 is 0 Å². The highest BCUT2D eigenvalue weighted by atomic mass is 32.2. The van der Waals surface area contributed by atoms with Gasteiger partial charge < -0.3 is 5.32 Å². The van der Waals surface area contributed by atoms with Gasteiger partial charge in [-0.25, -0.2) is 8.42 Å². The lowest BCUT2D eigenvalue weighted by molar-refractivity contribution is -0.127. The van der Waals surface area contributed by atoms with Crippen LogP contribution in [0.15, 0.2) is 21.7 Å². The smallest absolute Gasteiger partial charge is 0.252 e. The van der Waals surface area contributed by atoms with Gasteiger partial charge in [-0.05, 0) is 44.6 Å². The SMILES string of the molecule is CCC(C)(C)NC(=O)C1CCCN(S(=O)(=O)c2cccs2)C1. The summed E-state index contributed by atoms with van der Waals surface area (Å²) in [6.07, 6.45) is 2.29. The zero-order valence-corrected chi connectivity index (χ0v) is 15.0. The highest BCUT2D eigenvalue weighted by Crippen LogP contribution is 2.26. The first-order chi connectivity index (χ1) is 10.3. The van der Waals surface area contributed by atoms with Crippen molar-refractivity contribution in [3.05, 3.63) is 17.5 Å². The summed E-state index contributed by atoms with van der Waals surface area (Å²) in [6.45, 7) is 6.74. The van der Waals surface area contributed by atoms with Crippen molar-refractivity contribution in [2.24, 2.45) is 5.92 Å². The quantitative estimate of drug-likeness (QED) is 0.892. The third-order valence-electron chi connectivity index (χ3n) is 4.19. The van der Waals surface area contributed by atoms with E-state index in [1.807, 2.05) is 20.8 Å². The van der Waals surface area contributed by atoms with E-state index in [0.717, 1.165) is 19.3 Å². The summed E-state index contributed by atoms with van der Waals surface area (Å²) < 4.78 is 26.9. The molecule has 124 valence electrons. The van der Waals surface area contributed by atoms with Crippen LogP contribution in [0, 0.1) is 5.92 Å². The normalized spacial score (nSPS) is 20.8. The Morgan fingerprint density at radius 1 is 1.50 bits per heavy atom. The van der Waals surface area contributed by atoms with Gasteiger partial charge in [0.25, 0.3) is 10.0 Å². The lowest BCUT2D eigenvalue weighted by Crippen LogP contribution is -2.50. The molecule has 0 bridgehead atoms. The van der Waals surface area contributed by atoms with Crippen molar-refractivity contribution >= 4 is 27.3 Å². The van der Waals surface area contributed by atoms with Crippen LogP contribution in [-0.2, 0) is 14.8 Å². The minimum atomic E-state index is -3.46. The maximum absolute atomic E-state index is 12.6. The van der Waals surface area contributed by atoms with Gasteiger partial charge in [0, 0.05) is 18.6 Å². The van der Waals surface area contributed by atoms with E-state index < -0.39 is 10.0 Å². The van der Waals surface area contributed by atoms with Crippen molar-refractivity contribution in [1.29, 1.82) is 0 Å². The number of hydrogen-bond donors (Lipinski definition) is 1. The maximum Gasteiger partial charge on any atom is 0.252 e. The molecule has 1 atom stereocenters. The Hall–Kier alpha value is -0.920. The minimum absolute atomic E-state index is 0.0436. The highest BCUT2D eigenvalue weighted by molar-refractivity contribution is 7.91. The molecule has 2 rings (SSSR count). The predicted octanol–water partition coefficient (Wildman–Crippen LogP) is 2.45. The topological polar surface area (TPSA) is 66.5 Å². The van der Waals surface area contributed by atoms with Crippen molar-refractivity contribution < 1.29 is 13.2 Å². The van der Waals surface area contributed by atoms with E-state index in [-0.39, 0.29) is 23.9 Å². The second kappa shape index (κ2) is 6.68. The van der Waals surface area contributed by atoms with Gasteiger partial charge in [-0.1, -0.05) is 13.0 Å². The number of hydrogen-bond acceptors (Lipinski definition) is 4. The standard InChI is InChI=1S/C15H24N2O3S2/c1-4-15(2,3)16-14(18)12-7-5-9-17(11-12)22(19,20)13-8-6-10-21-13/h6,8,10,12H,4-5,7,9,11H2,1-3H3,(H,16,18). The molecule has 0 spiro atoms. The number of piperidine rings is 1. The molecule has 0 aliphatic carbocycles. The molecule has 1 N–H and O–H groups in total. The van der Waals surface area contributed by atoms with Crippen LogP contribution in [0.25, 0.3) is 0 Å². The number of nitrogens with zero attached hydrogens (tertiary/aromatic N) is 1. The summed E-state index contributed by atoms with van der Waals surface area (Å²) in [5, 5.41) is 4.78. The number of nitrogens with one attached hydrogen (secondary N) is 1. The van der Waals surface area contributed by atoms with E-state index in [0.29, 0.717) is 10.8 Å². The molecule has 1 aliphatic heterocycles. The number of carbonyl (C=O) groups excluding carboxylic acids is 1. The molecule has 1 aromatic heterocycles. The molecule has 22 heavy (non-hydrogen) atoms. The molecular weight excluding hydrogens is 320 g/mol. The summed E-state index contributed by atoms with van der Waals surface area (Å²) in [5.41, 5.74) is -0.258. The molecule has 2 heterocycles. The molecule has 7 heteroatoms. The third-order valence-corrected chi connectivity index (χ3v) is 7.43. The van der Waals surface area contributed by atoms with Crippen LogP contribution in [0.5, 0.6) is 0 Å². The van der Waals surface area contributed by atoms with Crippen LogP contribution >= 0.6 is 11.3 Å². The Balaban J connectivity index is 2.08. The summed E-state index contributed by atoms with van der Waals surface area (Å²) in [7, 11) is -3.46. The summed E-state index contributed by atoms with van der Waals surface area (Å²) in [4.78, 5) is 12.4. The molecular formula is C15H24N2O3S2. The molecule has 1 amide bonds. The fourth-order valence-electron chi connectivity index (χ4n) is 2.44. The average molecular weight is 345 g/mol. The van der Waals surface area contributed by atoms with Crippen LogP contribution < -0.4 is 5.32 Å². The van der Waals surface area contributed by atoms with Gasteiger partial charge in [0.2, 0.25) is 5.91 Å². The summed E-state index contributed by atoms with van der Waals surface area (Å²) >= 11 is 1.22. The van der Waals surface area contributed by atoms with Gasteiger partial charge >= 0.3 is 0 Å². The van der Waals surface area contributed by atoms with Crippen LogP contribution in [-0.4, -0.2) is 37.3 Å². The predicted molar refractivity (Wildman–Crippen MR) is 88.3 cm³/mol. The van der Waals surface area contributed by atoms with Crippen molar-refractivity contribution in [3.8, 4) is 0 Å². The van der Waals surface area contributed by atoms with E-state index in [4.69, 9.17) is 0 Å². The molecule has 5 nitrogen and oxygen atoms in total. The second-order valence-corrected chi connectivity index (χ2v) is 9.47. The first-order valence-electron chi connectivity index (χ1n) is 7.62. The molecule has 0 saturated carbocycles. The fourth-order valence-corrected chi connectivity index (χ4v) is 5.10. The molecule has 1 aliphatic rings. The largest absolute Gasteiger partial charge is 0.351 e. The molecule has 1 fully saturated rings. The van der Waals surface area contributed by atoms with E-state index in [9.17, 15) is 13.2 Å². The lowest BCUT2D eigenvalue weighted by atomic mass is 9.95. The summed E-state index contributed by atoms with van der Waals surface area (Å²) in [6, 6.07) is 3.35. The van der Waals surface area contributed by atoms with Gasteiger partial charge in [-0.3, -0.25) is 4.79 Å². The Morgan fingerprint density at radius 3 is 2.82 bits per heavy atom. The van der Waals surface area contributed by atoms with Crippen molar-refractivity contribution in [1.82, 2.24) is 9.62 Å². The lowest BCUT2D eigenvalue weighted by Gasteiger charge is -2.33. The Bertz CT molecular complexity index is 609. The Morgan fingerprint density at radius 2 is 2.23 bits per heavy atom. The van der Waals surface area contributed by atoms with Crippen LogP contribution in [0.2, 0.25) is 0 Å². The van der Waals surface area contributed by atoms with Gasteiger partial charge in [0.05, 0.1) is 5.92 Å². The number of sulfonamides is 1. The number of carbonyl (C=O) groups is 1. The van der Waals surface area contributed by atoms with Gasteiger partial charge in [-0.2, -0.15) is 4.31 Å². The third kappa shape index (κ3) is 3.88. The molecule has 0 aromatic carbocycles. The number of thiophene rings is 1. The first-order valence-corrected chi connectivity index (χ1v) is 9.94.